The molecule has 1 fully saturated rings. The second kappa shape index (κ2) is 7.99. The van der Waals surface area contributed by atoms with Gasteiger partial charge in [0, 0.05) is 0 Å². The van der Waals surface area contributed by atoms with Gasteiger partial charge in [-0.05, 0) is 66.6 Å². The van der Waals surface area contributed by atoms with E-state index in [1.165, 1.54) is 68.1 Å². The third-order valence-electron chi connectivity index (χ3n) is 5.91. The molecule has 2 aliphatic carbocycles. The smallest absolute Gasteiger partial charge is 0.0167 e. The van der Waals surface area contributed by atoms with Crippen LogP contribution in [0, 0.1) is 17.8 Å². The minimum absolute atomic E-state index is 0.787. The number of hydrogen-bond acceptors (Lipinski definition) is 0. The number of benzene rings is 1. The van der Waals surface area contributed by atoms with Gasteiger partial charge in [-0.15, -0.1) is 0 Å². The fraction of sp³-hybridized carbons (Fsp3) is 0.565. The molecule has 2 aliphatic rings. The molecule has 1 saturated carbocycles. The highest BCUT2D eigenvalue weighted by atomic mass is 14.3. The molecule has 0 aromatic heterocycles. The SMILES string of the molecule is CCCCc1ccc(C2=CCC(C3CCC(C)CC3)C=C2)cc1. The number of rotatable bonds is 5. The zero-order valence-corrected chi connectivity index (χ0v) is 14.9. The summed E-state index contributed by atoms with van der Waals surface area (Å²) in [5.41, 5.74) is 4.29. The normalized spacial score (nSPS) is 27.7. The molecule has 0 aliphatic heterocycles. The van der Waals surface area contributed by atoms with Crippen LogP contribution < -0.4 is 0 Å². The van der Waals surface area contributed by atoms with Crippen LogP contribution in [0.3, 0.4) is 0 Å². The van der Waals surface area contributed by atoms with E-state index in [1.807, 2.05) is 0 Å². The molecular weight excluding hydrogens is 276 g/mol. The summed E-state index contributed by atoms with van der Waals surface area (Å²) in [6, 6.07) is 9.25. The Labute approximate surface area is 142 Å². The van der Waals surface area contributed by atoms with E-state index in [1.54, 1.807) is 0 Å². The average Bonchev–Trinajstić information content (AvgIpc) is 2.61. The van der Waals surface area contributed by atoms with Crippen molar-refractivity contribution in [1.82, 2.24) is 0 Å². The van der Waals surface area contributed by atoms with Crippen molar-refractivity contribution < 1.29 is 0 Å². The molecule has 124 valence electrons. The Hall–Kier alpha value is -1.30. The largest absolute Gasteiger partial charge is 0.0802 e. The summed E-state index contributed by atoms with van der Waals surface area (Å²) in [6.45, 7) is 4.67. The lowest BCUT2D eigenvalue weighted by Crippen LogP contribution is -2.20. The van der Waals surface area contributed by atoms with E-state index in [4.69, 9.17) is 0 Å². The Balaban J connectivity index is 1.57. The molecule has 1 aromatic rings. The number of allylic oxidation sites excluding steroid dienone is 4. The summed E-state index contributed by atoms with van der Waals surface area (Å²) in [5, 5.41) is 0. The highest BCUT2D eigenvalue weighted by Crippen LogP contribution is 2.38. The van der Waals surface area contributed by atoms with Crippen molar-refractivity contribution in [2.45, 2.75) is 65.2 Å². The van der Waals surface area contributed by atoms with Crippen molar-refractivity contribution in [2.24, 2.45) is 17.8 Å². The van der Waals surface area contributed by atoms with Gasteiger partial charge in [-0.3, -0.25) is 0 Å². The lowest BCUT2D eigenvalue weighted by atomic mass is 9.74. The van der Waals surface area contributed by atoms with Crippen LogP contribution in [0.25, 0.3) is 5.57 Å². The third-order valence-corrected chi connectivity index (χ3v) is 5.91. The van der Waals surface area contributed by atoms with Crippen LogP contribution in [0.2, 0.25) is 0 Å². The van der Waals surface area contributed by atoms with Gasteiger partial charge >= 0.3 is 0 Å². The fourth-order valence-electron chi connectivity index (χ4n) is 4.16. The zero-order valence-electron chi connectivity index (χ0n) is 14.9. The molecule has 1 unspecified atom stereocenters. The molecule has 0 heterocycles. The van der Waals surface area contributed by atoms with Gasteiger partial charge in [-0.25, -0.2) is 0 Å². The van der Waals surface area contributed by atoms with Gasteiger partial charge in [0.25, 0.3) is 0 Å². The van der Waals surface area contributed by atoms with Gasteiger partial charge in [0.1, 0.15) is 0 Å². The maximum atomic E-state index is 2.50. The summed E-state index contributed by atoms with van der Waals surface area (Å²) in [7, 11) is 0. The van der Waals surface area contributed by atoms with Crippen molar-refractivity contribution in [3.05, 3.63) is 53.6 Å². The van der Waals surface area contributed by atoms with Crippen LogP contribution in [-0.2, 0) is 6.42 Å². The van der Waals surface area contributed by atoms with E-state index in [2.05, 4.69) is 56.3 Å². The van der Waals surface area contributed by atoms with Gasteiger partial charge in [-0.1, -0.05) is 75.6 Å². The summed E-state index contributed by atoms with van der Waals surface area (Å²) in [5.74, 6) is 2.67. The van der Waals surface area contributed by atoms with E-state index in [9.17, 15) is 0 Å². The van der Waals surface area contributed by atoms with E-state index in [0.717, 1.165) is 17.8 Å². The van der Waals surface area contributed by atoms with Crippen molar-refractivity contribution in [3.8, 4) is 0 Å². The zero-order chi connectivity index (χ0) is 16.1. The maximum Gasteiger partial charge on any atom is -0.0167 e. The molecule has 0 radical (unpaired) electrons. The Morgan fingerprint density at radius 3 is 2.35 bits per heavy atom. The first kappa shape index (κ1) is 16.6. The van der Waals surface area contributed by atoms with E-state index in [-0.39, 0.29) is 0 Å². The quantitative estimate of drug-likeness (QED) is 0.560. The highest BCUT2D eigenvalue weighted by molar-refractivity contribution is 5.75. The molecule has 0 amide bonds. The first-order valence-electron chi connectivity index (χ1n) is 9.74. The monoisotopic (exact) mass is 308 g/mol. The summed E-state index contributed by atoms with van der Waals surface area (Å²) >= 11 is 0. The van der Waals surface area contributed by atoms with Crippen LogP contribution >= 0.6 is 0 Å². The maximum absolute atomic E-state index is 2.50. The second-order valence-electron chi connectivity index (χ2n) is 7.74. The molecule has 23 heavy (non-hydrogen) atoms. The van der Waals surface area contributed by atoms with Crippen molar-refractivity contribution in [3.63, 3.8) is 0 Å². The predicted molar refractivity (Wildman–Crippen MR) is 101 cm³/mol. The molecule has 3 rings (SSSR count). The topological polar surface area (TPSA) is 0 Å². The third kappa shape index (κ3) is 4.37. The predicted octanol–water partition coefficient (Wildman–Crippen LogP) is 6.82. The second-order valence-corrected chi connectivity index (χ2v) is 7.74. The average molecular weight is 309 g/mol. The summed E-state index contributed by atoms with van der Waals surface area (Å²) in [6.07, 6.45) is 18.1. The Bertz CT molecular complexity index is 538. The first-order valence-corrected chi connectivity index (χ1v) is 9.74. The van der Waals surface area contributed by atoms with Crippen LogP contribution in [-0.4, -0.2) is 0 Å². The molecule has 1 atom stereocenters. The molecule has 0 nitrogen and oxygen atoms in total. The summed E-state index contributed by atoms with van der Waals surface area (Å²) in [4.78, 5) is 0. The van der Waals surface area contributed by atoms with E-state index >= 15 is 0 Å². The van der Waals surface area contributed by atoms with Crippen LogP contribution in [0.15, 0.2) is 42.5 Å². The highest BCUT2D eigenvalue weighted by Gasteiger charge is 2.25. The Morgan fingerprint density at radius 1 is 1.00 bits per heavy atom. The van der Waals surface area contributed by atoms with Crippen LogP contribution in [0.5, 0.6) is 0 Å². The molecular formula is C23H32. The molecule has 0 bridgehead atoms. The number of hydrogen-bond donors (Lipinski definition) is 0. The summed E-state index contributed by atoms with van der Waals surface area (Å²) < 4.78 is 0. The molecule has 0 heteroatoms. The minimum atomic E-state index is 0.787. The van der Waals surface area contributed by atoms with Crippen molar-refractivity contribution >= 4 is 5.57 Å². The molecule has 0 N–H and O–H groups in total. The van der Waals surface area contributed by atoms with Gasteiger partial charge in [-0.2, -0.15) is 0 Å². The first-order chi connectivity index (χ1) is 11.3. The minimum Gasteiger partial charge on any atom is -0.0802 e. The fourth-order valence-corrected chi connectivity index (χ4v) is 4.16. The van der Waals surface area contributed by atoms with Crippen LogP contribution in [0.4, 0.5) is 0 Å². The lowest BCUT2D eigenvalue weighted by Gasteiger charge is -2.32. The number of aryl methyl sites for hydroxylation is 1. The molecule has 1 aromatic carbocycles. The van der Waals surface area contributed by atoms with E-state index < -0.39 is 0 Å². The standard InChI is InChI=1S/C23H32/c1-3-4-5-19-8-12-21(13-9-19)23-16-14-22(15-17-23)20-10-6-18(2)7-11-20/h8-9,12-14,16-18,20,22H,3-7,10-11,15H2,1-2H3. The van der Waals surface area contributed by atoms with Crippen molar-refractivity contribution in [1.29, 1.82) is 0 Å². The van der Waals surface area contributed by atoms with E-state index in [0.29, 0.717) is 0 Å². The lowest BCUT2D eigenvalue weighted by molar-refractivity contribution is 0.240. The van der Waals surface area contributed by atoms with Crippen molar-refractivity contribution in [2.75, 3.05) is 0 Å². The van der Waals surface area contributed by atoms with Gasteiger partial charge in [0.2, 0.25) is 0 Å². The van der Waals surface area contributed by atoms with Gasteiger partial charge in [0.15, 0.2) is 0 Å². The van der Waals surface area contributed by atoms with Crippen LogP contribution in [0.1, 0.15) is 69.9 Å². The van der Waals surface area contributed by atoms with Gasteiger partial charge in [0.05, 0.1) is 0 Å². The molecule has 0 spiro atoms. The Morgan fingerprint density at radius 2 is 1.74 bits per heavy atom. The molecule has 0 saturated heterocycles. The Kier molecular flexibility index (Phi) is 5.75. The number of unbranched alkanes of at least 4 members (excludes halogenated alkanes) is 1. The van der Waals surface area contributed by atoms with Gasteiger partial charge < -0.3 is 0 Å².